The molecule has 0 saturated carbocycles. The SMILES string of the molecule is c1cc(CNc2ccnc3ccsc23)cc(OC2CCOC2)n1. The summed E-state index contributed by atoms with van der Waals surface area (Å²) in [5, 5.41) is 5.53. The molecule has 0 radical (unpaired) electrons. The Morgan fingerprint density at radius 3 is 3.13 bits per heavy atom. The zero-order chi connectivity index (χ0) is 15.5. The number of hydrogen-bond acceptors (Lipinski definition) is 6. The van der Waals surface area contributed by atoms with Crippen molar-refractivity contribution in [1.29, 1.82) is 0 Å². The standard InChI is InChI=1S/C17H17N3O2S/c1-5-19-16(22-13-3-7-21-11-13)9-12(1)10-20-14-2-6-18-15-4-8-23-17(14)15/h1-2,4-6,8-9,13H,3,7,10-11H2,(H,18,20). The van der Waals surface area contributed by atoms with Gasteiger partial charge in [0.1, 0.15) is 6.10 Å². The van der Waals surface area contributed by atoms with Gasteiger partial charge in [0.05, 0.1) is 29.1 Å². The normalized spacial score (nSPS) is 17.5. The van der Waals surface area contributed by atoms with Crippen molar-refractivity contribution in [1.82, 2.24) is 9.97 Å². The van der Waals surface area contributed by atoms with Crippen molar-refractivity contribution < 1.29 is 9.47 Å². The predicted molar refractivity (Wildman–Crippen MR) is 91.0 cm³/mol. The van der Waals surface area contributed by atoms with Gasteiger partial charge in [-0.2, -0.15) is 0 Å². The van der Waals surface area contributed by atoms with Gasteiger partial charge in [-0.3, -0.25) is 4.98 Å². The second-order valence-corrected chi connectivity index (χ2v) is 6.37. The van der Waals surface area contributed by atoms with Crippen LogP contribution in [-0.2, 0) is 11.3 Å². The molecular formula is C17H17N3O2S. The van der Waals surface area contributed by atoms with E-state index in [0.29, 0.717) is 12.5 Å². The molecule has 3 aromatic rings. The molecule has 0 aliphatic carbocycles. The largest absolute Gasteiger partial charge is 0.472 e. The van der Waals surface area contributed by atoms with Crippen LogP contribution in [0, 0.1) is 0 Å². The third kappa shape index (κ3) is 3.28. The number of anilines is 1. The quantitative estimate of drug-likeness (QED) is 0.777. The van der Waals surface area contributed by atoms with Crippen LogP contribution < -0.4 is 10.1 Å². The van der Waals surface area contributed by atoms with Crippen LogP contribution >= 0.6 is 11.3 Å². The van der Waals surface area contributed by atoms with E-state index in [-0.39, 0.29) is 6.10 Å². The van der Waals surface area contributed by atoms with Crippen molar-refractivity contribution in [2.45, 2.75) is 19.1 Å². The Labute approximate surface area is 138 Å². The minimum atomic E-state index is 0.122. The van der Waals surface area contributed by atoms with Crippen LogP contribution in [0.1, 0.15) is 12.0 Å². The number of nitrogens with one attached hydrogen (secondary N) is 1. The monoisotopic (exact) mass is 327 g/mol. The third-order valence-corrected chi connectivity index (χ3v) is 4.74. The highest BCUT2D eigenvalue weighted by Crippen LogP contribution is 2.27. The van der Waals surface area contributed by atoms with Crippen molar-refractivity contribution in [2.75, 3.05) is 18.5 Å². The van der Waals surface area contributed by atoms with Gasteiger partial charge in [-0.1, -0.05) is 0 Å². The highest BCUT2D eigenvalue weighted by molar-refractivity contribution is 7.17. The molecule has 3 aromatic heterocycles. The lowest BCUT2D eigenvalue weighted by Gasteiger charge is -2.12. The van der Waals surface area contributed by atoms with Crippen molar-refractivity contribution in [3.05, 3.63) is 47.6 Å². The number of nitrogens with zero attached hydrogens (tertiary/aromatic N) is 2. The lowest BCUT2D eigenvalue weighted by Crippen LogP contribution is -2.16. The molecular weight excluding hydrogens is 310 g/mol. The first-order valence-electron chi connectivity index (χ1n) is 7.64. The van der Waals surface area contributed by atoms with E-state index in [0.717, 1.165) is 36.3 Å². The van der Waals surface area contributed by atoms with E-state index in [1.165, 1.54) is 4.70 Å². The molecule has 1 aliphatic rings. The van der Waals surface area contributed by atoms with Crippen molar-refractivity contribution in [3.8, 4) is 5.88 Å². The summed E-state index contributed by atoms with van der Waals surface area (Å²) in [6.07, 6.45) is 4.67. The molecule has 118 valence electrons. The molecule has 0 aromatic carbocycles. The maximum atomic E-state index is 5.85. The van der Waals surface area contributed by atoms with Crippen LogP contribution in [0.15, 0.2) is 42.0 Å². The average molecular weight is 327 g/mol. The van der Waals surface area contributed by atoms with Crippen LogP contribution in [0.4, 0.5) is 5.69 Å². The summed E-state index contributed by atoms with van der Waals surface area (Å²) in [5.41, 5.74) is 3.27. The Kier molecular flexibility index (Phi) is 4.08. The van der Waals surface area contributed by atoms with Crippen LogP contribution in [0.2, 0.25) is 0 Å². The number of ether oxygens (including phenoxy) is 2. The van der Waals surface area contributed by atoms with Crippen molar-refractivity contribution in [3.63, 3.8) is 0 Å². The summed E-state index contributed by atoms with van der Waals surface area (Å²) >= 11 is 1.70. The number of hydrogen-bond donors (Lipinski definition) is 1. The van der Waals surface area contributed by atoms with Crippen LogP contribution in [0.3, 0.4) is 0 Å². The zero-order valence-corrected chi connectivity index (χ0v) is 13.4. The minimum absolute atomic E-state index is 0.122. The summed E-state index contributed by atoms with van der Waals surface area (Å²) in [6.45, 7) is 2.14. The Balaban J connectivity index is 1.45. The molecule has 1 saturated heterocycles. The van der Waals surface area contributed by atoms with Crippen LogP contribution in [0.25, 0.3) is 10.2 Å². The highest BCUT2D eigenvalue weighted by Gasteiger charge is 2.17. The zero-order valence-electron chi connectivity index (χ0n) is 12.6. The summed E-state index contributed by atoms with van der Waals surface area (Å²) in [6, 6.07) is 8.02. The van der Waals surface area contributed by atoms with Gasteiger partial charge in [-0.15, -0.1) is 11.3 Å². The molecule has 1 atom stereocenters. The molecule has 1 unspecified atom stereocenters. The number of fused-ring (bicyclic) bond motifs is 1. The van der Waals surface area contributed by atoms with Gasteiger partial charge in [0.2, 0.25) is 5.88 Å². The second kappa shape index (κ2) is 6.52. The van der Waals surface area contributed by atoms with Gasteiger partial charge in [-0.05, 0) is 29.1 Å². The summed E-state index contributed by atoms with van der Waals surface area (Å²) in [7, 11) is 0. The molecule has 4 rings (SSSR count). The first-order chi connectivity index (χ1) is 11.4. The smallest absolute Gasteiger partial charge is 0.213 e. The molecule has 0 amide bonds. The van der Waals surface area contributed by atoms with Gasteiger partial charge in [0, 0.05) is 31.4 Å². The molecule has 1 aliphatic heterocycles. The van der Waals surface area contributed by atoms with Gasteiger partial charge >= 0.3 is 0 Å². The Hall–Kier alpha value is -2.18. The topological polar surface area (TPSA) is 56.3 Å². The Morgan fingerprint density at radius 1 is 1.26 bits per heavy atom. The first-order valence-corrected chi connectivity index (χ1v) is 8.52. The van der Waals surface area contributed by atoms with Gasteiger partial charge in [0.15, 0.2) is 0 Å². The van der Waals surface area contributed by atoms with E-state index in [2.05, 4.69) is 20.7 Å². The third-order valence-electron chi connectivity index (χ3n) is 3.80. The van der Waals surface area contributed by atoms with E-state index in [4.69, 9.17) is 9.47 Å². The molecule has 6 heteroatoms. The van der Waals surface area contributed by atoms with Crippen LogP contribution in [-0.4, -0.2) is 29.3 Å². The Bertz CT molecular complexity index is 799. The summed E-state index contributed by atoms with van der Waals surface area (Å²) < 4.78 is 12.4. The number of thiophene rings is 1. The highest BCUT2D eigenvalue weighted by atomic mass is 32.1. The van der Waals surface area contributed by atoms with Crippen molar-refractivity contribution >= 4 is 27.2 Å². The number of rotatable bonds is 5. The molecule has 0 spiro atoms. The van der Waals surface area contributed by atoms with E-state index in [1.54, 1.807) is 17.5 Å². The maximum Gasteiger partial charge on any atom is 0.213 e. The fourth-order valence-corrected chi connectivity index (χ4v) is 3.45. The first kappa shape index (κ1) is 14.4. The van der Waals surface area contributed by atoms with E-state index < -0.39 is 0 Å². The minimum Gasteiger partial charge on any atom is -0.472 e. The lowest BCUT2D eigenvalue weighted by molar-refractivity contribution is 0.138. The van der Waals surface area contributed by atoms with Gasteiger partial charge in [-0.25, -0.2) is 4.98 Å². The summed E-state index contributed by atoms with van der Waals surface area (Å²) in [5.74, 6) is 0.663. The average Bonchev–Trinajstić information content (AvgIpc) is 3.24. The van der Waals surface area contributed by atoms with E-state index in [9.17, 15) is 0 Å². The van der Waals surface area contributed by atoms with Gasteiger partial charge in [0.25, 0.3) is 0 Å². The molecule has 1 fully saturated rings. The maximum absolute atomic E-state index is 5.85. The molecule has 0 bridgehead atoms. The molecule has 1 N–H and O–H groups in total. The fourth-order valence-electron chi connectivity index (χ4n) is 2.61. The van der Waals surface area contributed by atoms with Gasteiger partial charge < -0.3 is 14.8 Å². The summed E-state index contributed by atoms with van der Waals surface area (Å²) in [4.78, 5) is 8.64. The lowest BCUT2D eigenvalue weighted by atomic mass is 10.2. The molecule has 5 nitrogen and oxygen atoms in total. The van der Waals surface area contributed by atoms with E-state index >= 15 is 0 Å². The van der Waals surface area contributed by atoms with Crippen molar-refractivity contribution in [2.24, 2.45) is 0 Å². The molecule has 23 heavy (non-hydrogen) atoms. The second-order valence-electron chi connectivity index (χ2n) is 5.45. The molecule has 4 heterocycles. The predicted octanol–water partition coefficient (Wildman–Crippen LogP) is 3.47. The van der Waals surface area contributed by atoms with E-state index in [1.807, 2.05) is 30.5 Å². The number of pyridine rings is 2. The van der Waals surface area contributed by atoms with Crippen LogP contribution in [0.5, 0.6) is 5.88 Å². The fraction of sp³-hybridized carbons (Fsp3) is 0.294. The number of aromatic nitrogens is 2. The Morgan fingerprint density at radius 2 is 2.22 bits per heavy atom.